The molecule has 5 heteroatoms. The topological polar surface area (TPSA) is 66.4 Å². The molecular weight excluding hydrogens is 423 g/mol. The minimum absolute atomic E-state index is 0. The number of ether oxygens (including phenoxy) is 1. The van der Waals surface area contributed by atoms with Gasteiger partial charge in [0.2, 0.25) is 0 Å². The van der Waals surface area contributed by atoms with Gasteiger partial charge in [-0.05, 0) is 44.9 Å². The quantitative estimate of drug-likeness (QED) is 0.117. The van der Waals surface area contributed by atoms with Crippen LogP contribution in [0.2, 0.25) is 0 Å². The van der Waals surface area contributed by atoms with E-state index in [1.807, 2.05) is 0 Å². The summed E-state index contributed by atoms with van der Waals surface area (Å²) in [5.74, 6) is -2.59. The van der Waals surface area contributed by atoms with E-state index < -0.39 is 17.8 Å². The van der Waals surface area contributed by atoms with E-state index in [4.69, 9.17) is 4.74 Å². The van der Waals surface area contributed by atoms with Gasteiger partial charge < -0.3 is 14.6 Å². The molecule has 1 rings (SSSR count). The van der Waals surface area contributed by atoms with Crippen molar-refractivity contribution in [2.75, 3.05) is 6.61 Å². The van der Waals surface area contributed by atoms with Crippen LogP contribution in [0, 0.1) is 11.8 Å². The molecule has 0 aromatic rings. The van der Waals surface area contributed by atoms with Crippen molar-refractivity contribution in [1.29, 1.82) is 0 Å². The molecule has 1 aliphatic rings. The predicted octanol–water partition coefficient (Wildman–Crippen LogP) is 3.91. The molecule has 186 valence electrons. The van der Waals surface area contributed by atoms with Gasteiger partial charge in [0.05, 0.1) is 12.5 Å². The van der Waals surface area contributed by atoms with Gasteiger partial charge in [-0.2, -0.15) is 0 Å². The molecule has 4 nitrogen and oxygen atoms in total. The van der Waals surface area contributed by atoms with Crippen molar-refractivity contribution in [3.05, 3.63) is 12.2 Å². The Kier molecular flexibility index (Phi) is 23.2. The smallest absolute Gasteiger partial charge is 0.550 e. The average Bonchev–Trinajstić information content (AvgIpc) is 2.80. The Bertz CT molecular complexity index is 506. The summed E-state index contributed by atoms with van der Waals surface area (Å²) >= 11 is 0. The van der Waals surface area contributed by atoms with Gasteiger partial charge in [-0.1, -0.05) is 103 Å². The van der Waals surface area contributed by atoms with Crippen LogP contribution in [-0.4, -0.2) is 18.5 Å². The van der Waals surface area contributed by atoms with E-state index in [0.29, 0.717) is 19.4 Å². The third kappa shape index (κ3) is 17.7. The van der Waals surface area contributed by atoms with E-state index in [2.05, 4.69) is 19.1 Å². The number of allylic oxidation sites excluding steroid dienone is 2. The standard InChI is InChI=1S/C28H50O4.Na/c1-2-3-4-5-6-7-8-9-10-11-12-13-14-15-16-17-18-21-24-32-28(31)26-23-20-19-22-25(26)27(29)30;/h8-9,25-26H,2-7,10-24H2,1H3,(H,29,30);/q;+1/p-1/b9-8+;. The van der Waals surface area contributed by atoms with Crippen LogP contribution in [0.15, 0.2) is 12.2 Å². The normalized spacial score (nSPS) is 18.2. The Labute approximate surface area is 226 Å². The maximum Gasteiger partial charge on any atom is 1.00 e. The first kappa shape index (κ1) is 32.7. The largest absolute Gasteiger partial charge is 1.00 e. The minimum atomic E-state index is -1.10. The molecule has 0 bridgehead atoms. The molecule has 0 radical (unpaired) electrons. The second-order valence-corrected chi connectivity index (χ2v) is 9.63. The Morgan fingerprint density at radius 2 is 1.18 bits per heavy atom. The SMILES string of the molecule is CCCCCCC/C=C/CCCCCCCCCCCOC(=O)C1CCCCC1C(=O)[O-].[Na+]. The van der Waals surface area contributed by atoms with Gasteiger partial charge in [0, 0.05) is 11.9 Å². The molecule has 0 aromatic heterocycles. The zero-order valence-corrected chi connectivity index (χ0v) is 23.8. The molecule has 0 N–H and O–H groups in total. The van der Waals surface area contributed by atoms with Gasteiger partial charge in [0.25, 0.3) is 0 Å². The van der Waals surface area contributed by atoms with Crippen molar-refractivity contribution in [2.45, 2.75) is 135 Å². The average molecular weight is 473 g/mol. The number of hydrogen-bond acceptors (Lipinski definition) is 4. The summed E-state index contributed by atoms with van der Waals surface area (Å²) in [4.78, 5) is 23.4. The number of carboxylic acids is 1. The van der Waals surface area contributed by atoms with Crippen molar-refractivity contribution in [3.63, 3.8) is 0 Å². The van der Waals surface area contributed by atoms with Crippen LogP contribution in [-0.2, 0) is 14.3 Å². The van der Waals surface area contributed by atoms with Crippen molar-refractivity contribution in [3.8, 4) is 0 Å². The molecule has 1 saturated carbocycles. The number of carboxylic acid groups (broad SMARTS) is 1. The molecule has 1 fully saturated rings. The third-order valence-corrected chi connectivity index (χ3v) is 6.77. The van der Waals surface area contributed by atoms with Crippen LogP contribution in [0.3, 0.4) is 0 Å². The van der Waals surface area contributed by atoms with E-state index in [1.54, 1.807) is 0 Å². The molecule has 0 spiro atoms. The number of esters is 1. The second-order valence-electron chi connectivity index (χ2n) is 9.63. The predicted molar refractivity (Wildman–Crippen MR) is 130 cm³/mol. The van der Waals surface area contributed by atoms with E-state index >= 15 is 0 Å². The van der Waals surface area contributed by atoms with Gasteiger partial charge in [-0.3, -0.25) is 4.79 Å². The van der Waals surface area contributed by atoms with Gasteiger partial charge in [0.15, 0.2) is 0 Å². The zero-order valence-electron chi connectivity index (χ0n) is 21.8. The molecule has 0 amide bonds. The molecule has 2 atom stereocenters. The number of carbonyl (C=O) groups is 2. The van der Waals surface area contributed by atoms with Crippen molar-refractivity contribution >= 4 is 11.9 Å². The summed E-state index contributed by atoms with van der Waals surface area (Å²) < 4.78 is 5.36. The third-order valence-electron chi connectivity index (χ3n) is 6.77. The minimum Gasteiger partial charge on any atom is -0.550 e. The fourth-order valence-electron chi connectivity index (χ4n) is 4.68. The van der Waals surface area contributed by atoms with Gasteiger partial charge in [-0.15, -0.1) is 0 Å². The zero-order chi connectivity index (χ0) is 23.3. The van der Waals surface area contributed by atoms with Gasteiger partial charge in [-0.25, -0.2) is 0 Å². The van der Waals surface area contributed by atoms with Crippen molar-refractivity contribution in [1.82, 2.24) is 0 Å². The van der Waals surface area contributed by atoms with Crippen LogP contribution in [0.25, 0.3) is 0 Å². The van der Waals surface area contributed by atoms with Crippen LogP contribution in [0.1, 0.15) is 135 Å². The number of aliphatic carboxylic acids is 1. The maximum atomic E-state index is 12.2. The molecule has 33 heavy (non-hydrogen) atoms. The Morgan fingerprint density at radius 1 is 0.727 bits per heavy atom. The van der Waals surface area contributed by atoms with Crippen LogP contribution in [0.4, 0.5) is 0 Å². The molecule has 0 heterocycles. The summed E-state index contributed by atoms with van der Waals surface area (Å²) in [5, 5.41) is 11.2. The maximum absolute atomic E-state index is 12.2. The first-order chi connectivity index (χ1) is 15.7. The molecule has 1 aliphatic carbocycles. The Morgan fingerprint density at radius 3 is 1.70 bits per heavy atom. The summed E-state index contributed by atoms with van der Waals surface area (Å²) in [7, 11) is 0. The van der Waals surface area contributed by atoms with Gasteiger partial charge in [0.1, 0.15) is 0 Å². The number of carbonyl (C=O) groups excluding carboxylic acids is 2. The number of hydrogen-bond donors (Lipinski definition) is 0. The fourth-order valence-corrected chi connectivity index (χ4v) is 4.68. The van der Waals surface area contributed by atoms with Crippen LogP contribution < -0.4 is 34.7 Å². The van der Waals surface area contributed by atoms with Crippen molar-refractivity contribution in [2.24, 2.45) is 11.8 Å². The van der Waals surface area contributed by atoms with Gasteiger partial charge >= 0.3 is 35.5 Å². The van der Waals surface area contributed by atoms with E-state index in [-0.39, 0.29) is 35.5 Å². The van der Waals surface area contributed by atoms with E-state index in [1.165, 1.54) is 89.9 Å². The molecule has 0 aromatic carbocycles. The van der Waals surface area contributed by atoms with Crippen molar-refractivity contribution < 1.29 is 49.0 Å². The monoisotopic (exact) mass is 472 g/mol. The molecule has 0 saturated heterocycles. The van der Waals surface area contributed by atoms with E-state index in [0.717, 1.165) is 25.7 Å². The van der Waals surface area contributed by atoms with E-state index in [9.17, 15) is 14.7 Å². The second kappa shape index (κ2) is 23.4. The summed E-state index contributed by atoms with van der Waals surface area (Å²) in [6.07, 6.45) is 28.0. The Hall–Kier alpha value is -0.320. The van der Waals surface area contributed by atoms with Crippen LogP contribution >= 0.6 is 0 Å². The molecule has 0 aliphatic heterocycles. The van der Waals surface area contributed by atoms with Crippen LogP contribution in [0.5, 0.6) is 0 Å². The molecule has 2 unspecified atom stereocenters. The summed E-state index contributed by atoms with van der Waals surface area (Å²) in [6.45, 7) is 2.68. The summed E-state index contributed by atoms with van der Waals surface area (Å²) in [5.41, 5.74) is 0. The number of unbranched alkanes of at least 4 members (excludes halogenated alkanes) is 14. The number of rotatable bonds is 20. The first-order valence-electron chi connectivity index (χ1n) is 13.7. The Balaban J connectivity index is 0.0000102. The first-order valence-corrected chi connectivity index (χ1v) is 13.7. The molecular formula is C28H49NaO4. The summed E-state index contributed by atoms with van der Waals surface area (Å²) in [6, 6.07) is 0. The fraction of sp³-hybridized carbons (Fsp3) is 0.857.